The van der Waals surface area contributed by atoms with Gasteiger partial charge in [0.25, 0.3) is 0 Å². The minimum absolute atomic E-state index is 0. The highest BCUT2D eigenvalue weighted by molar-refractivity contribution is 14.0. The van der Waals surface area contributed by atoms with Crippen molar-refractivity contribution in [2.24, 2.45) is 4.99 Å². The fraction of sp³-hybridized carbons (Fsp3) is 0.556. The third-order valence-corrected chi connectivity index (χ3v) is 4.13. The first-order valence-electron chi connectivity index (χ1n) is 8.51. The number of ether oxygens (including phenoxy) is 2. The standard InChI is InChI=1S/C18H29BrN4O3.HI/c1-23(2)17(24)13-22-18(21-10-11-25-3)20-9-5-6-14-7-8-15(19)12-16(14)26-4;/h7-8,12H,5-6,9-11,13H2,1-4H3,(H2,20,21,22);1H. The van der Waals surface area contributed by atoms with Crippen LogP contribution in [0.25, 0.3) is 0 Å². The van der Waals surface area contributed by atoms with E-state index >= 15 is 0 Å². The largest absolute Gasteiger partial charge is 0.496 e. The Hall–Kier alpha value is -1.07. The fourth-order valence-electron chi connectivity index (χ4n) is 2.14. The van der Waals surface area contributed by atoms with E-state index in [4.69, 9.17) is 9.47 Å². The maximum Gasteiger partial charge on any atom is 0.243 e. The zero-order chi connectivity index (χ0) is 19.4. The predicted molar refractivity (Wildman–Crippen MR) is 123 cm³/mol. The number of halogens is 2. The lowest BCUT2D eigenvalue weighted by atomic mass is 10.1. The van der Waals surface area contributed by atoms with Crippen LogP contribution in [0.1, 0.15) is 12.0 Å². The number of nitrogens with one attached hydrogen (secondary N) is 2. The summed E-state index contributed by atoms with van der Waals surface area (Å²) in [6, 6.07) is 6.04. The van der Waals surface area contributed by atoms with E-state index in [-0.39, 0.29) is 36.4 Å². The minimum atomic E-state index is -0.0440. The van der Waals surface area contributed by atoms with Gasteiger partial charge in [0.1, 0.15) is 12.3 Å². The summed E-state index contributed by atoms with van der Waals surface area (Å²) in [6.45, 7) is 2.03. The molecule has 0 saturated heterocycles. The third-order valence-electron chi connectivity index (χ3n) is 3.63. The molecule has 0 bridgehead atoms. The zero-order valence-electron chi connectivity index (χ0n) is 16.4. The van der Waals surface area contributed by atoms with Gasteiger partial charge >= 0.3 is 0 Å². The molecule has 7 nitrogen and oxygen atoms in total. The molecule has 0 fully saturated rings. The van der Waals surface area contributed by atoms with Crippen LogP contribution in [0.15, 0.2) is 27.7 Å². The fourth-order valence-corrected chi connectivity index (χ4v) is 2.48. The summed E-state index contributed by atoms with van der Waals surface area (Å²) in [4.78, 5) is 17.6. The lowest BCUT2D eigenvalue weighted by molar-refractivity contribution is -0.127. The highest BCUT2D eigenvalue weighted by Gasteiger charge is 2.06. The molecule has 0 aliphatic rings. The summed E-state index contributed by atoms with van der Waals surface area (Å²) in [5.74, 6) is 1.44. The van der Waals surface area contributed by atoms with Gasteiger partial charge in [0.2, 0.25) is 5.91 Å². The summed E-state index contributed by atoms with van der Waals surface area (Å²) in [5, 5.41) is 6.41. The molecule has 0 aliphatic heterocycles. The van der Waals surface area contributed by atoms with Crippen LogP contribution in [0, 0.1) is 0 Å². The third kappa shape index (κ3) is 10.7. The van der Waals surface area contributed by atoms with Crippen LogP contribution in [0.5, 0.6) is 5.75 Å². The van der Waals surface area contributed by atoms with Gasteiger partial charge in [0.15, 0.2) is 5.96 Å². The molecule has 0 radical (unpaired) electrons. The van der Waals surface area contributed by atoms with Gasteiger partial charge in [-0.15, -0.1) is 24.0 Å². The van der Waals surface area contributed by atoms with E-state index in [2.05, 4.69) is 37.6 Å². The highest BCUT2D eigenvalue weighted by atomic mass is 127. The Balaban J connectivity index is 0.00000676. The number of aryl methyl sites for hydroxylation is 1. The van der Waals surface area contributed by atoms with Gasteiger partial charge < -0.3 is 25.0 Å². The Kier molecular flexibility index (Phi) is 14.3. The van der Waals surface area contributed by atoms with Gasteiger partial charge in [0.05, 0.1) is 13.7 Å². The van der Waals surface area contributed by atoms with Crippen molar-refractivity contribution in [3.63, 3.8) is 0 Å². The van der Waals surface area contributed by atoms with E-state index in [0.717, 1.165) is 35.2 Å². The number of carbonyl (C=O) groups is 1. The number of benzene rings is 1. The monoisotopic (exact) mass is 556 g/mol. The Morgan fingerprint density at radius 3 is 2.56 bits per heavy atom. The Bertz CT molecular complexity index is 600. The van der Waals surface area contributed by atoms with Crippen molar-refractivity contribution in [3.05, 3.63) is 28.2 Å². The Morgan fingerprint density at radius 2 is 1.93 bits per heavy atom. The summed E-state index contributed by atoms with van der Waals surface area (Å²) in [6.07, 6.45) is 1.79. The van der Waals surface area contributed by atoms with E-state index in [9.17, 15) is 4.79 Å². The summed E-state index contributed by atoms with van der Waals surface area (Å²) in [5.41, 5.74) is 1.16. The molecule has 0 saturated carbocycles. The molecule has 0 unspecified atom stereocenters. The van der Waals surface area contributed by atoms with Crippen LogP contribution in [0.4, 0.5) is 0 Å². The van der Waals surface area contributed by atoms with Crippen molar-refractivity contribution in [1.82, 2.24) is 15.5 Å². The van der Waals surface area contributed by atoms with E-state index in [0.29, 0.717) is 19.1 Å². The van der Waals surface area contributed by atoms with Crippen LogP contribution < -0.4 is 15.4 Å². The Morgan fingerprint density at radius 1 is 1.22 bits per heavy atom. The molecule has 9 heteroatoms. The quantitative estimate of drug-likeness (QED) is 0.200. The molecule has 0 heterocycles. The van der Waals surface area contributed by atoms with Crippen LogP contribution in [0.3, 0.4) is 0 Å². The van der Waals surface area contributed by atoms with Crippen LogP contribution in [-0.2, 0) is 16.0 Å². The number of methoxy groups -OCH3 is 2. The van der Waals surface area contributed by atoms with Crippen LogP contribution in [-0.4, -0.2) is 71.3 Å². The molecule has 1 rings (SSSR count). The molecule has 27 heavy (non-hydrogen) atoms. The van der Waals surface area contributed by atoms with E-state index in [1.54, 1.807) is 28.3 Å². The molecule has 0 aliphatic carbocycles. The first kappa shape index (κ1) is 25.9. The lowest BCUT2D eigenvalue weighted by Gasteiger charge is -2.14. The van der Waals surface area contributed by atoms with Crippen molar-refractivity contribution in [2.75, 3.05) is 54.6 Å². The minimum Gasteiger partial charge on any atom is -0.496 e. The number of amides is 1. The Labute approximate surface area is 187 Å². The number of rotatable bonds is 10. The predicted octanol–water partition coefficient (Wildman–Crippen LogP) is 2.28. The average Bonchev–Trinajstić information content (AvgIpc) is 2.63. The first-order chi connectivity index (χ1) is 12.5. The van der Waals surface area contributed by atoms with Crippen molar-refractivity contribution >= 4 is 51.8 Å². The highest BCUT2D eigenvalue weighted by Crippen LogP contribution is 2.24. The molecular formula is C18H30BrIN4O3. The number of nitrogens with zero attached hydrogens (tertiary/aromatic N) is 2. The van der Waals surface area contributed by atoms with Crippen molar-refractivity contribution < 1.29 is 14.3 Å². The zero-order valence-corrected chi connectivity index (χ0v) is 20.3. The van der Waals surface area contributed by atoms with Crippen molar-refractivity contribution in [3.8, 4) is 5.75 Å². The number of guanidine groups is 1. The number of hydrogen-bond donors (Lipinski definition) is 2. The average molecular weight is 557 g/mol. The molecule has 1 aromatic carbocycles. The van der Waals surface area contributed by atoms with Crippen LogP contribution in [0.2, 0.25) is 0 Å². The van der Waals surface area contributed by atoms with Gasteiger partial charge in [-0.2, -0.15) is 0 Å². The molecule has 154 valence electrons. The maximum atomic E-state index is 11.7. The van der Waals surface area contributed by atoms with Gasteiger partial charge in [-0.1, -0.05) is 22.0 Å². The first-order valence-corrected chi connectivity index (χ1v) is 9.31. The molecule has 1 aromatic rings. The number of carbonyl (C=O) groups excluding carboxylic acids is 1. The van der Waals surface area contributed by atoms with Gasteiger partial charge in [-0.3, -0.25) is 4.79 Å². The van der Waals surface area contributed by atoms with Gasteiger partial charge in [0, 0.05) is 38.8 Å². The second-order valence-electron chi connectivity index (χ2n) is 5.86. The number of aliphatic imine (C=N–C) groups is 1. The van der Waals surface area contributed by atoms with Gasteiger partial charge in [-0.05, 0) is 30.5 Å². The van der Waals surface area contributed by atoms with Crippen molar-refractivity contribution in [2.45, 2.75) is 12.8 Å². The van der Waals surface area contributed by atoms with E-state index < -0.39 is 0 Å². The summed E-state index contributed by atoms with van der Waals surface area (Å²) >= 11 is 3.45. The maximum absolute atomic E-state index is 11.7. The lowest BCUT2D eigenvalue weighted by Crippen LogP contribution is -2.40. The van der Waals surface area contributed by atoms with Gasteiger partial charge in [-0.25, -0.2) is 4.99 Å². The second-order valence-corrected chi connectivity index (χ2v) is 6.77. The molecule has 0 aromatic heterocycles. The molecule has 0 atom stereocenters. The van der Waals surface area contributed by atoms with Crippen LogP contribution >= 0.6 is 39.9 Å². The number of hydrogen-bond acceptors (Lipinski definition) is 4. The number of likely N-dealkylation sites (N-methyl/N-ethyl adjacent to an activating group) is 1. The topological polar surface area (TPSA) is 75.2 Å². The smallest absolute Gasteiger partial charge is 0.243 e. The summed E-state index contributed by atoms with van der Waals surface area (Å²) < 4.78 is 11.4. The SMILES string of the molecule is COCCNC(=NCC(=O)N(C)C)NCCCc1ccc(Br)cc1OC.I. The molecule has 2 N–H and O–H groups in total. The summed E-state index contributed by atoms with van der Waals surface area (Å²) in [7, 11) is 6.76. The normalized spacial score (nSPS) is 10.8. The second kappa shape index (κ2) is 14.9. The molecule has 1 amide bonds. The molecule has 0 spiro atoms. The van der Waals surface area contributed by atoms with E-state index in [1.165, 1.54) is 4.90 Å². The van der Waals surface area contributed by atoms with E-state index in [1.807, 2.05) is 12.1 Å². The molecular weight excluding hydrogens is 527 g/mol. The van der Waals surface area contributed by atoms with Crippen molar-refractivity contribution in [1.29, 1.82) is 0 Å².